The summed E-state index contributed by atoms with van der Waals surface area (Å²) in [5.74, 6) is 9.44. The summed E-state index contributed by atoms with van der Waals surface area (Å²) in [6.45, 7) is 16.5. The second-order valence-corrected chi connectivity index (χ2v) is 14.9. The molecule has 2 bridgehead atoms. The molecular weight excluding hydrogens is 672 g/mol. The van der Waals surface area contributed by atoms with Crippen LogP contribution < -0.4 is 22.2 Å². The number of carbonyl (C=O) groups excluding carboxylic acids is 2. The first-order valence-electron chi connectivity index (χ1n) is 19.2. The first-order valence-corrected chi connectivity index (χ1v) is 19.2. The van der Waals surface area contributed by atoms with Crippen LogP contribution in [0.2, 0.25) is 0 Å². The van der Waals surface area contributed by atoms with Crippen LogP contribution in [0.5, 0.6) is 0 Å². The van der Waals surface area contributed by atoms with Crippen LogP contribution in [0.15, 0.2) is 66.5 Å². The van der Waals surface area contributed by atoms with Crippen molar-refractivity contribution in [1.29, 1.82) is 0 Å². The lowest BCUT2D eigenvalue weighted by atomic mass is 9.60. The molecule has 6 unspecified atom stereocenters. The minimum Gasteiger partial charge on any atom is -0.396 e. The van der Waals surface area contributed by atoms with Crippen molar-refractivity contribution in [3.05, 3.63) is 77.7 Å². The van der Waals surface area contributed by atoms with E-state index in [0.29, 0.717) is 81.8 Å². The molecule has 3 aliphatic rings. The second-order valence-electron chi connectivity index (χ2n) is 14.9. The van der Waals surface area contributed by atoms with Crippen LogP contribution in [0, 0.1) is 29.6 Å². The number of amides is 2. The van der Waals surface area contributed by atoms with Crippen molar-refractivity contribution in [3.8, 4) is 0 Å². The summed E-state index contributed by atoms with van der Waals surface area (Å²) in [6.07, 6.45) is 8.74. The van der Waals surface area contributed by atoms with Gasteiger partial charge in [-0.2, -0.15) is 0 Å². The number of likely N-dealkylation sites (N-methyl/N-ethyl adjacent to an activating group) is 1. The number of hydrazine groups is 1. The lowest BCUT2D eigenvalue weighted by molar-refractivity contribution is -0.131. The minimum atomic E-state index is -0.741. The van der Waals surface area contributed by atoms with Crippen molar-refractivity contribution in [1.82, 2.24) is 20.5 Å². The number of ether oxygens (including phenoxy) is 4. The number of hydrogen-bond donors (Lipinski definition) is 4. The molecule has 53 heavy (non-hydrogen) atoms. The Morgan fingerprint density at radius 3 is 2.40 bits per heavy atom. The molecule has 6 N–H and O–H groups in total. The summed E-state index contributed by atoms with van der Waals surface area (Å²) in [5.41, 5.74) is 11.7. The van der Waals surface area contributed by atoms with Gasteiger partial charge in [0.15, 0.2) is 0 Å². The van der Waals surface area contributed by atoms with E-state index in [4.69, 9.17) is 30.5 Å². The van der Waals surface area contributed by atoms with Crippen LogP contribution in [0.1, 0.15) is 57.1 Å². The quantitative estimate of drug-likeness (QED) is 0.0829. The summed E-state index contributed by atoms with van der Waals surface area (Å²) in [7, 11) is 3.53. The zero-order chi connectivity index (χ0) is 38.3. The van der Waals surface area contributed by atoms with Crippen LogP contribution in [0.4, 0.5) is 0 Å². The maximum Gasteiger partial charge on any atom is 0.244 e. The lowest BCUT2D eigenvalue weighted by Gasteiger charge is -2.46. The number of nitrogens with one attached hydrogen (secondary N) is 2. The first kappa shape index (κ1) is 42.1. The molecule has 4 rings (SSSR count). The maximum atomic E-state index is 13.1. The van der Waals surface area contributed by atoms with Gasteiger partial charge in [-0.3, -0.25) is 9.59 Å². The number of carbonyl (C=O) groups is 2. The maximum absolute atomic E-state index is 13.1. The van der Waals surface area contributed by atoms with Crippen LogP contribution in [-0.2, 0) is 35.1 Å². The smallest absolute Gasteiger partial charge is 0.244 e. The average molecular weight is 737 g/mol. The Labute approximate surface area is 316 Å². The Kier molecular flexibility index (Phi) is 16.9. The van der Waals surface area contributed by atoms with E-state index < -0.39 is 6.04 Å². The van der Waals surface area contributed by atoms with Gasteiger partial charge in [0.1, 0.15) is 6.04 Å². The van der Waals surface area contributed by atoms with Gasteiger partial charge >= 0.3 is 0 Å². The van der Waals surface area contributed by atoms with Crippen molar-refractivity contribution in [2.75, 3.05) is 73.5 Å². The zero-order valence-corrected chi connectivity index (χ0v) is 32.4. The van der Waals surface area contributed by atoms with E-state index in [1.807, 2.05) is 25.2 Å². The van der Waals surface area contributed by atoms with Gasteiger partial charge in [0.2, 0.25) is 11.8 Å². The fourth-order valence-electron chi connectivity index (χ4n) is 8.45. The molecule has 2 saturated carbocycles. The lowest BCUT2D eigenvalue weighted by Crippen LogP contribution is -2.51. The molecule has 1 heterocycles. The zero-order valence-electron chi connectivity index (χ0n) is 32.4. The van der Waals surface area contributed by atoms with E-state index in [9.17, 15) is 9.59 Å². The van der Waals surface area contributed by atoms with Crippen LogP contribution in [0.25, 0.3) is 5.70 Å². The van der Waals surface area contributed by atoms with Gasteiger partial charge in [0.05, 0.1) is 64.2 Å². The number of allylic oxidation sites excluding steroid dienone is 2. The topological polar surface area (TPSA) is 154 Å². The fourth-order valence-corrected chi connectivity index (χ4v) is 8.45. The van der Waals surface area contributed by atoms with Gasteiger partial charge in [-0.1, -0.05) is 57.3 Å². The highest BCUT2D eigenvalue weighted by atomic mass is 16.5. The first-order chi connectivity index (χ1) is 25.6. The number of methoxy groups -OCH3 is 1. The highest BCUT2D eigenvalue weighted by Crippen LogP contribution is 2.47. The van der Waals surface area contributed by atoms with Crippen LogP contribution in [-0.4, -0.2) is 101 Å². The van der Waals surface area contributed by atoms with E-state index in [1.165, 1.54) is 32.8 Å². The van der Waals surface area contributed by atoms with E-state index in [-0.39, 0.29) is 31.4 Å². The molecule has 0 spiro atoms. The van der Waals surface area contributed by atoms with E-state index in [1.54, 1.807) is 17.2 Å². The predicted molar refractivity (Wildman–Crippen MR) is 208 cm³/mol. The van der Waals surface area contributed by atoms with Crippen molar-refractivity contribution in [2.45, 2.75) is 58.5 Å². The predicted octanol–water partition coefficient (Wildman–Crippen LogP) is 3.96. The molecule has 12 heteroatoms. The summed E-state index contributed by atoms with van der Waals surface area (Å²) in [4.78, 5) is 27.8. The number of nitrogens with two attached hydrogens (primary N) is 2. The standard InChI is InChI=1S/C41H64N6O6/c1-7-33-37(8-2)46(5)26-31-11-9-10-12-34(31)40(39(33)42)47(43)14-16-52-18-20-53-19-17-51-15-13-38(48)45-36(27-50-6)41(49)44-25-35-29(4)23-30-21-28(3)22-32(35)24-30/h7-12,28-30,32,35-36H,1-2,13-27,42-43H2,3-6H3,(H,44,49)(H,45,48)/b37-33-,40-39-. The molecular formula is C41H64N6O6. The second kappa shape index (κ2) is 21.3. The molecule has 0 saturated heterocycles. The Morgan fingerprint density at radius 2 is 1.70 bits per heavy atom. The average Bonchev–Trinajstić information content (AvgIpc) is 3.12. The highest BCUT2D eigenvalue weighted by molar-refractivity contribution is 5.87. The molecule has 0 radical (unpaired) electrons. The summed E-state index contributed by atoms with van der Waals surface area (Å²) in [5, 5.41) is 7.56. The Balaban J connectivity index is 1.10. The molecule has 6 atom stereocenters. The van der Waals surface area contributed by atoms with Crippen molar-refractivity contribution in [2.24, 2.45) is 41.2 Å². The third kappa shape index (κ3) is 11.9. The number of fused-ring (bicyclic) bond motifs is 3. The normalized spacial score (nSPS) is 26.1. The third-order valence-electron chi connectivity index (χ3n) is 10.9. The van der Waals surface area contributed by atoms with Crippen molar-refractivity contribution < 1.29 is 28.5 Å². The molecule has 1 aliphatic heterocycles. The van der Waals surface area contributed by atoms with Crippen molar-refractivity contribution in [3.63, 3.8) is 0 Å². The number of nitrogens with zero attached hydrogens (tertiary/aromatic N) is 2. The summed E-state index contributed by atoms with van der Waals surface area (Å²) < 4.78 is 22.3. The van der Waals surface area contributed by atoms with E-state index in [2.05, 4.69) is 48.6 Å². The monoisotopic (exact) mass is 736 g/mol. The summed E-state index contributed by atoms with van der Waals surface area (Å²) in [6, 6.07) is 7.33. The van der Waals surface area contributed by atoms with E-state index in [0.717, 1.165) is 34.2 Å². The number of hydrogen-bond acceptors (Lipinski definition) is 10. The molecule has 1 aromatic carbocycles. The van der Waals surface area contributed by atoms with Gasteiger partial charge in [-0.05, 0) is 66.9 Å². The van der Waals surface area contributed by atoms with Gasteiger partial charge < -0.3 is 45.2 Å². The van der Waals surface area contributed by atoms with Crippen molar-refractivity contribution >= 4 is 17.5 Å². The molecule has 2 aliphatic carbocycles. The largest absolute Gasteiger partial charge is 0.396 e. The van der Waals surface area contributed by atoms with Crippen LogP contribution in [0.3, 0.4) is 0 Å². The van der Waals surface area contributed by atoms with Crippen LogP contribution >= 0.6 is 0 Å². The molecule has 0 aromatic heterocycles. The number of benzene rings is 1. The SMILES string of the molecule is C=CC1=C(\C=C)N(C)Cc2ccccc2/C(N(N)CCOCCOCCOCCC(=O)NC(COC)C(=O)NCC2C(C)CC3CC(C)CC2C3)=C\1N. The third-order valence-corrected chi connectivity index (χ3v) is 10.9. The Bertz CT molecular complexity index is 1440. The molecule has 294 valence electrons. The number of rotatable bonds is 21. The molecule has 2 amide bonds. The molecule has 2 fully saturated rings. The minimum absolute atomic E-state index is 0.113. The Hall–Kier alpha value is -3.68. The molecule has 12 nitrogen and oxygen atoms in total. The molecule has 1 aromatic rings. The van der Waals surface area contributed by atoms with Gasteiger partial charge in [-0.25, -0.2) is 5.84 Å². The summed E-state index contributed by atoms with van der Waals surface area (Å²) >= 11 is 0. The highest BCUT2D eigenvalue weighted by Gasteiger charge is 2.40. The Morgan fingerprint density at radius 1 is 1.00 bits per heavy atom. The fraction of sp³-hybridized carbons (Fsp3) is 0.610. The van der Waals surface area contributed by atoms with E-state index >= 15 is 0 Å². The van der Waals surface area contributed by atoms with Gasteiger partial charge in [0.25, 0.3) is 0 Å². The van der Waals surface area contributed by atoms with Gasteiger partial charge in [0, 0.05) is 50.5 Å². The van der Waals surface area contributed by atoms with Gasteiger partial charge in [-0.15, -0.1) is 0 Å².